The number of aromatic carboxylic acids is 1. The fourth-order valence-electron chi connectivity index (χ4n) is 8.07. The Morgan fingerprint density at radius 2 is 0.924 bits per heavy atom. The molecule has 0 atom stereocenters. The molecule has 12 nitrogen and oxygen atoms in total. The summed E-state index contributed by atoms with van der Waals surface area (Å²) < 4.78 is 23.4. The van der Waals surface area contributed by atoms with Crippen LogP contribution in [0.15, 0.2) is 187 Å². The third-order valence-corrected chi connectivity index (χ3v) is 13.7. The summed E-state index contributed by atoms with van der Waals surface area (Å²) >= 11 is 3.41. The predicted octanol–water partition coefficient (Wildman–Crippen LogP) is 18.2. The van der Waals surface area contributed by atoms with Gasteiger partial charge >= 0.3 is 18.3 Å². The minimum atomic E-state index is -0.994. The number of anilines is 5. The molecule has 8 aromatic carbocycles. The number of aryl methyl sites for hydroxylation is 2. The fourth-order valence-corrected chi connectivity index (χ4v) is 9.61. The van der Waals surface area contributed by atoms with Crippen molar-refractivity contribution in [1.29, 1.82) is 0 Å². The van der Waals surface area contributed by atoms with Gasteiger partial charge in [0.2, 0.25) is 0 Å². The van der Waals surface area contributed by atoms with Gasteiger partial charge in [-0.05, 0) is 231 Å². The summed E-state index contributed by atoms with van der Waals surface area (Å²) in [5.41, 5.74) is 16.8. The van der Waals surface area contributed by atoms with Crippen molar-refractivity contribution >= 4 is 89.6 Å². The molecule has 6 N–H and O–H groups in total. The summed E-state index contributed by atoms with van der Waals surface area (Å²) in [6.07, 6.45) is -1.42. The molecule has 0 radical (unpaired) electrons. The van der Waals surface area contributed by atoms with Crippen LogP contribution in [0.3, 0.4) is 0 Å². The van der Waals surface area contributed by atoms with Crippen LogP contribution in [-0.4, -0.2) is 39.7 Å². The maximum atomic E-state index is 12.0. The molecule has 402 valence electrons. The molecule has 0 aliphatic heterocycles. The molecule has 0 saturated heterocycles. The number of phenolic OH excluding ortho intramolecular Hbond substituents is 1. The number of carboxylic acid groups (broad SMARTS) is 1. The molecule has 0 aliphatic rings. The molecule has 2 aromatic heterocycles. The third kappa shape index (κ3) is 15.8. The van der Waals surface area contributed by atoms with E-state index in [0.29, 0.717) is 17.2 Å². The molecule has 0 spiro atoms. The number of nitrogens with two attached hydrogens (primary N) is 1. The van der Waals surface area contributed by atoms with Gasteiger partial charge in [-0.1, -0.05) is 66.7 Å². The number of carbonyl (C=O) groups excluding carboxylic acids is 2. The topological polar surface area (TPSA) is 179 Å². The van der Waals surface area contributed by atoms with Crippen molar-refractivity contribution < 1.29 is 43.5 Å². The smallest absolute Gasteiger partial charge is 0.508 e. The van der Waals surface area contributed by atoms with Crippen LogP contribution in [0.2, 0.25) is 0 Å². The van der Waals surface area contributed by atoms with Crippen LogP contribution >= 0.6 is 22.7 Å². The van der Waals surface area contributed by atoms with Crippen LogP contribution in [0.1, 0.15) is 63.0 Å². The minimum absolute atomic E-state index is 0.169. The summed E-state index contributed by atoms with van der Waals surface area (Å²) in [5, 5.41) is 32.4. The minimum Gasteiger partial charge on any atom is -0.508 e. The van der Waals surface area contributed by atoms with Crippen LogP contribution in [0.25, 0.3) is 53.6 Å². The van der Waals surface area contributed by atoms with Gasteiger partial charge in [0.05, 0.1) is 11.3 Å². The van der Waals surface area contributed by atoms with Crippen molar-refractivity contribution in [2.75, 3.05) is 16.4 Å². The largest absolute Gasteiger partial charge is 0.514 e. The molecule has 0 saturated carbocycles. The van der Waals surface area contributed by atoms with Gasteiger partial charge in [0, 0.05) is 32.1 Å². The molecular weight excluding hydrogens is 1030 g/mol. The van der Waals surface area contributed by atoms with Crippen LogP contribution in [0.5, 0.6) is 17.2 Å². The number of hydrogen-bond acceptors (Lipinski definition) is 13. The molecule has 0 unspecified atom stereocenters. The molecule has 0 amide bonds. The first kappa shape index (κ1) is 56.1. The number of thiophene rings is 2. The first-order valence-electron chi connectivity index (χ1n) is 25.3. The number of phenols is 1. The summed E-state index contributed by atoms with van der Waals surface area (Å²) in [7, 11) is 0. The Morgan fingerprint density at radius 3 is 1.42 bits per heavy atom. The van der Waals surface area contributed by atoms with E-state index in [0.717, 1.165) is 72.6 Å². The summed E-state index contributed by atoms with van der Waals surface area (Å²) in [4.78, 5) is 35.3. The van der Waals surface area contributed by atoms with E-state index < -0.39 is 29.5 Å². The second-order valence-corrected chi connectivity index (χ2v) is 22.4. The lowest BCUT2D eigenvalue weighted by atomic mass is 10.0. The summed E-state index contributed by atoms with van der Waals surface area (Å²) in [5.74, 6) is 0.0597. The highest BCUT2D eigenvalue weighted by Crippen LogP contribution is 2.34. The van der Waals surface area contributed by atoms with E-state index >= 15 is 0 Å². The van der Waals surface area contributed by atoms with Gasteiger partial charge in [-0.25, -0.2) is 14.4 Å². The maximum Gasteiger partial charge on any atom is 0.514 e. The van der Waals surface area contributed by atoms with Gasteiger partial charge in [-0.15, -0.1) is 22.7 Å². The number of nitrogen functional groups attached to an aromatic ring is 1. The average Bonchev–Trinajstić information content (AvgIpc) is 4.07. The monoisotopic (exact) mass is 1090 g/mol. The Labute approximate surface area is 467 Å². The van der Waals surface area contributed by atoms with Gasteiger partial charge in [-0.3, -0.25) is 0 Å². The standard InChI is InChI=1S/C26H25NO3S.C21H15NO3S.C18H21NO3/c1-17-8-9-19(16-23(17)27-21-10-11-24-20(14-21)12-13-31-24)18-6-5-7-22(15-18)29-25(28)30-26(2,3)4;23-17-3-1-2-13(11-17)14-4-6-18(21(24)25)19(12-14)22-16-5-7-20-15(10-16)8-9-26-20;1-12-8-9-14(11-16(12)19)13-6-5-7-15(10-13)21-17(20)22-18(2,3)4/h5-16,27H,1-4H3;1-12,22-23H,(H,24,25);5-11H,19H2,1-4H3. The van der Waals surface area contributed by atoms with Crippen LogP contribution in [0.4, 0.5) is 38.0 Å². The summed E-state index contributed by atoms with van der Waals surface area (Å²) in [6.45, 7) is 14.8. The lowest BCUT2D eigenvalue weighted by Crippen LogP contribution is -2.25. The van der Waals surface area contributed by atoms with Crippen molar-refractivity contribution in [3.8, 4) is 50.6 Å². The molecular formula is C65H61N3O9S2. The van der Waals surface area contributed by atoms with Gasteiger partial charge in [-0.2, -0.15) is 0 Å². The first-order chi connectivity index (χ1) is 37.6. The number of aromatic hydroxyl groups is 1. The highest BCUT2D eigenvalue weighted by molar-refractivity contribution is 7.17. The lowest BCUT2D eigenvalue weighted by molar-refractivity contribution is 0.0193. The Kier molecular flexibility index (Phi) is 17.4. The normalized spacial score (nSPS) is 11.1. The molecule has 0 aliphatic carbocycles. The number of fused-ring (bicyclic) bond motifs is 2. The van der Waals surface area contributed by atoms with Gasteiger partial charge in [0.25, 0.3) is 0 Å². The van der Waals surface area contributed by atoms with Crippen molar-refractivity contribution in [3.63, 3.8) is 0 Å². The quantitative estimate of drug-likeness (QED) is 0.0498. The zero-order valence-electron chi connectivity index (χ0n) is 45.0. The zero-order chi connectivity index (χ0) is 56.4. The van der Waals surface area contributed by atoms with E-state index in [4.69, 9.17) is 24.7 Å². The number of carboxylic acids is 1. The van der Waals surface area contributed by atoms with E-state index in [9.17, 15) is 24.6 Å². The highest BCUT2D eigenvalue weighted by atomic mass is 32.1. The second-order valence-electron chi connectivity index (χ2n) is 20.5. The third-order valence-electron chi connectivity index (χ3n) is 11.9. The zero-order valence-corrected chi connectivity index (χ0v) is 46.7. The maximum absolute atomic E-state index is 12.0. The highest BCUT2D eigenvalue weighted by Gasteiger charge is 2.20. The van der Waals surface area contributed by atoms with Gasteiger partial charge in [0.15, 0.2) is 0 Å². The molecule has 10 rings (SSSR count). The number of carbonyl (C=O) groups is 3. The predicted molar refractivity (Wildman–Crippen MR) is 322 cm³/mol. The van der Waals surface area contributed by atoms with E-state index in [1.54, 1.807) is 98.0 Å². The van der Waals surface area contributed by atoms with E-state index in [2.05, 4.69) is 65.4 Å². The van der Waals surface area contributed by atoms with E-state index in [-0.39, 0.29) is 11.3 Å². The number of ether oxygens (including phenoxy) is 4. The second kappa shape index (κ2) is 24.5. The molecule has 79 heavy (non-hydrogen) atoms. The number of nitrogens with one attached hydrogen (secondary N) is 2. The van der Waals surface area contributed by atoms with Crippen LogP contribution in [0, 0.1) is 13.8 Å². The fraction of sp³-hybridized carbons (Fsp3) is 0.154. The first-order valence-corrected chi connectivity index (χ1v) is 27.0. The molecule has 2 heterocycles. The summed E-state index contributed by atoms with van der Waals surface area (Å²) in [6, 6.07) is 55.3. The van der Waals surface area contributed by atoms with Gasteiger partial charge < -0.3 is 45.5 Å². The van der Waals surface area contributed by atoms with Crippen molar-refractivity contribution in [2.24, 2.45) is 0 Å². The Bertz CT molecular complexity index is 3810. The molecule has 0 fully saturated rings. The SMILES string of the molecule is Cc1ccc(-c2cccc(OC(=O)OC(C)(C)C)c2)cc1N.Cc1ccc(-c2cccc(OC(=O)OC(C)(C)C)c2)cc1Nc1ccc2sccc2c1.O=C(O)c1ccc(-c2cccc(O)c2)cc1Nc1ccc2sccc2c1. The van der Waals surface area contributed by atoms with E-state index in [1.165, 1.54) is 14.8 Å². The van der Waals surface area contributed by atoms with Crippen molar-refractivity contribution in [2.45, 2.75) is 66.6 Å². The average molecular weight is 1090 g/mol. The Balaban J connectivity index is 0.000000159. The number of hydrogen-bond donors (Lipinski definition) is 5. The molecule has 14 heteroatoms. The molecule has 10 aromatic rings. The van der Waals surface area contributed by atoms with Crippen molar-refractivity contribution in [3.05, 3.63) is 203 Å². The van der Waals surface area contributed by atoms with E-state index in [1.807, 2.05) is 112 Å². The number of benzene rings is 8. The number of rotatable bonds is 10. The lowest BCUT2D eigenvalue weighted by Gasteiger charge is -2.18. The van der Waals surface area contributed by atoms with Gasteiger partial charge in [0.1, 0.15) is 28.5 Å². The van der Waals surface area contributed by atoms with Crippen LogP contribution in [-0.2, 0) is 9.47 Å². The Hall–Kier alpha value is -9.11. The Morgan fingerprint density at radius 1 is 0.481 bits per heavy atom. The van der Waals surface area contributed by atoms with Crippen molar-refractivity contribution in [1.82, 2.24) is 0 Å². The van der Waals surface area contributed by atoms with Crippen LogP contribution < -0.4 is 25.8 Å². The molecule has 0 bridgehead atoms.